The summed E-state index contributed by atoms with van der Waals surface area (Å²) < 4.78 is 31.1. The molecule has 0 radical (unpaired) electrons. The zero-order valence-electron chi connectivity index (χ0n) is 27.0. The van der Waals surface area contributed by atoms with Crippen molar-refractivity contribution in [1.82, 2.24) is 0 Å². The van der Waals surface area contributed by atoms with E-state index in [9.17, 15) is 5.11 Å². The smallest absolute Gasteiger partial charge is 0.191 e. The van der Waals surface area contributed by atoms with Crippen molar-refractivity contribution in [3.8, 4) is 5.75 Å². The molecule has 0 bridgehead atoms. The van der Waals surface area contributed by atoms with E-state index in [0.29, 0.717) is 26.2 Å². The molecule has 1 heterocycles. The van der Waals surface area contributed by atoms with Gasteiger partial charge in [-0.05, 0) is 55.1 Å². The van der Waals surface area contributed by atoms with Crippen molar-refractivity contribution in [1.29, 1.82) is 0 Å². The molecular formula is C34H54O6Si. The van der Waals surface area contributed by atoms with Crippen molar-refractivity contribution >= 4 is 8.32 Å². The second kappa shape index (κ2) is 14.2. The van der Waals surface area contributed by atoms with Gasteiger partial charge in [0.25, 0.3) is 0 Å². The summed E-state index contributed by atoms with van der Waals surface area (Å²) in [6, 6.07) is 17.9. The second-order valence-electron chi connectivity index (χ2n) is 13.8. The third kappa shape index (κ3) is 9.12. The Bertz CT molecular complexity index is 1050. The summed E-state index contributed by atoms with van der Waals surface area (Å²) in [5, 5.41) is 12.0. The predicted molar refractivity (Wildman–Crippen MR) is 167 cm³/mol. The molecule has 0 unspecified atom stereocenters. The number of benzene rings is 2. The van der Waals surface area contributed by atoms with Gasteiger partial charge in [-0.1, -0.05) is 84.0 Å². The highest BCUT2D eigenvalue weighted by atomic mass is 28.4. The van der Waals surface area contributed by atoms with Gasteiger partial charge in [-0.2, -0.15) is 0 Å². The van der Waals surface area contributed by atoms with Crippen LogP contribution < -0.4 is 4.74 Å². The van der Waals surface area contributed by atoms with Crippen LogP contribution in [0.1, 0.15) is 72.3 Å². The Morgan fingerprint density at radius 1 is 0.927 bits per heavy atom. The van der Waals surface area contributed by atoms with Crippen LogP contribution in [-0.2, 0) is 25.2 Å². The highest BCUT2D eigenvalue weighted by Gasteiger charge is 2.48. The molecule has 7 atom stereocenters. The molecule has 1 saturated heterocycles. The highest BCUT2D eigenvalue weighted by molar-refractivity contribution is 6.74. The molecule has 0 amide bonds. The third-order valence-electron chi connectivity index (χ3n) is 8.90. The summed E-state index contributed by atoms with van der Waals surface area (Å²) in [7, 11) is -0.245. The monoisotopic (exact) mass is 586 g/mol. The molecule has 0 saturated carbocycles. The van der Waals surface area contributed by atoms with Gasteiger partial charge in [0.05, 0.1) is 31.5 Å². The predicted octanol–water partition coefficient (Wildman–Crippen LogP) is 7.77. The maximum Gasteiger partial charge on any atom is 0.191 e. The molecule has 41 heavy (non-hydrogen) atoms. The molecule has 1 aliphatic rings. The van der Waals surface area contributed by atoms with Gasteiger partial charge in [-0.25, -0.2) is 0 Å². The van der Waals surface area contributed by atoms with Crippen molar-refractivity contribution in [3.05, 3.63) is 65.7 Å². The van der Waals surface area contributed by atoms with Crippen LogP contribution in [0.4, 0.5) is 0 Å². The van der Waals surface area contributed by atoms with Gasteiger partial charge in [0.1, 0.15) is 5.75 Å². The molecule has 1 N–H and O–H groups in total. The number of hydrogen-bond donors (Lipinski definition) is 1. The van der Waals surface area contributed by atoms with Gasteiger partial charge in [0.15, 0.2) is 14.6 Å². The molecule has 1 aliphatic heterocycles. The van der Waals surface area contributed by atoms with E-state index in [0.717, 1.165) is 16.9 Å². The van der Waals surface area contributed by atoms with E-state index in [1.54, 1.807) is 7.11 Å². The quantitative estimate of drug-likeness (QED) is 0.242. The molecule has 0 spiro atoms. The van der Waals surface area contributed by atoms with E-state index in [4.69, 9.17) is 23.4 Å². The summed E-state index contributed by atoms with van der Waals surface area (Å²) >= 11 is 0. The van der Waals surface area contributed by atoms with Crippen molar-refractivity contribution in [2.24, 2.45) is 17.8 Å². The summed E-state index contributed by atoms with van der Waals surface area (Å²) in [5.41, 5.74) is 0.976. The summed E-state index contributed by atoms with van der Waals surface area (Å²) in [6.07, 6.45) is -0.540. The lowest BCUT2D eigenvalue weighted by Crippen LogP contribution is -2.56. The molecule has 2 aromatic carbocycles. The molecule has 7 heteroatoms. The van der Waals surface area contributed by atoms with E-state index < -0.39 is 26.3 Å². The number of rotatable bonds is 13. The minimum absolute atomic E-state index is 0.0320. The van der Waals surface area contributed by atoms with Gasteiger partial charge >= 0.3 is 0 Å². The maximum absolute atomic E-state index is 11.9. The van der Waals surface area contributed by atoms with Gasteiger partial charge in [0.2, 0.25) is 0 Å². The van der Waals surface area contributed by atoms with Crippen LogP contribution in [0.2, 0.25) is 18.1 Å². The highest BCUT2D eigenvalue weighted by Crippen LogP contribution is 2.43. The van der Waals surface area contributed by atoms with Gasteiger partial charge in [-0.15, -0.1) is 0 Å². The zero-order valence-corrected chi connectivity index (χ0v) is 28.0. The van der Waals surface area contributed by atoms with Gasteiger partial charge < -0.3 is 28.5 Å². The number of aliphatic hydroxyl groups is 1. The minimum Gasteiger partial charge on any atom is -0.497 e. The molecule has 3 rings (SSSR count). The summed E-state index contributed by atoms with van der Waals surface area (Å²) in [4.78, 5) is 0. The van der Waals surface area contributed by atoms with Crippen LogP contribution in [-0.4, -0.2) is 51.6 Å². The van der Waals surface area contributed by atoms with Crippen molar-refractivity contribution in [3.63, 3.8) is 0 Å². The van der Waals surface area contributed by atoms with Gasteiger partial charge in [0, 0.05) is 30.6 Å². The molecule has 230 valence electrons. The number of methoxy groups -OCH3 is 1. The Balaban J connectivity index is 1.70. The fraction of sp³-hybridized carbons (Fsp3) is 0.647. The second-order valence-corrected chi connectivity index (χ2v) is 18.6. The Labute approximate surface area is 249 Å². The van der Waals surface area contributed by atoms with E-state index in [-0.39, 0.29) is 28.9 Å². The fourth-order valence-corrected chi connectivity index (χ4v) is 6.60. The minimum atomic E-state index is -1.91. The molecule has 0 aliphatic carbocycles. The standard InChI is InChI=1S/C34H54O6Si/c1-24(21-37-23-27-16-18-29(36-8)19-17-27)20-34(7,35)31-26(3)30(25(2)22-38-41(9,10)33(4,5)6)39-32(40-31)28-14-12-11-13-15-28/h11-19,24-26,30-32,35H,20-23H2,1-10H3/t24-,25+,26+,30-,31-,32-,34-/m1/s1. The number of ether oxygens (including phenoxy) is 4. The molecular weight excluding hydrogens is 532 g/mol. The Kier molecular flexibility index (Phi) is 11.7. The van der Waals surface area contributed by atoms with Gasteiger partial charge in [-0.3, -0.25) is 0 Å². The Hall–Kier alpha value is -1.74. The summed E-state index contributed by atoms with van der Waals surface area (Å²) in [5.74, 6) is 1.07. The van der Waals surface area contributed by atoms with Crippen molar-refractivity contribution in [2.75, 3.05) is 20.3 Å². The first-order valence-electron chi connectivity index (χ1n) is 15.1. The maximum atomic E-state index is 11.9. The van der Waals surface area contributed by atoms with Crippen LogP contribution in [0.5, 0.6) is 5.75 Å². The third-order valence-corrected chi connectivity index (χ3v) is 13.4. The zero-order chi connectivity index (χ0) is 30.4. The van der Waals surface area contributed by atoms with E-state index in [1.807, 2.05) is 61.5 Å². The van der Waals surface area contributed by atoms with Crippen molar-refractivity contribution in [2.45, 2.75) is 104 Å². The molecule has 6 nitrogen and oxygen atoms in total. The topological polar surface area (TPSA) is 66.4 Å². The van der Waals surface area contributed by atoms with Crippen LogP contribution in [0.15, 0.2) is 54.6 Å². The van der Waals surface area contributed by atoms with Crippen LogP contribution in [0, 0.1) is 17.8 Å². The summed E-state index contributed by atoms with van der Waals surface area (Å²) in [6.45, 7) is 21.4. The lowest BCUT2D eigenvalue weighted by molar-refractivity contribution is -0.313. The van der Waals surface area contributed by atoms with Crippen LogP contribution >= 0.6 is 0 Å². The normalized spacial score (nSPS) is 24.9. The van der Waals surface area contributed by atoms with E-state index in [2.05, 4.69) is 54.6 Å². The Morgan fingerprint density at radius 3 is 2.15 bits per heavy atom. The Morgan fingerprint density at radius 2 is 1.56 bits per heavy atom. The average molecular weight is 587 g/mol. The first-order chi connectivity index (χ1) is 19.1. The van der Waals surface area contributed by atoms with E-state index in [1.165, 1.54) is 0 Å². The SMILES string of the molecule is COc1ccc(COC[C@H](C)C[C@@](C)(O)[C@@H]2O[C@H](c3ccccc3)O[C@H]([C@@H](C)CO[Si](C)(C)C(C)(C)C)[C@@H]2C)cc1. The average Bonchev–Trinajstić information content (AvgIpc) is 2.91. The van der Waals surface area contributed by atoms with E-state index >= 15 is 0 Å². The lowest BCUT2D eigenvalue weighted by atomic mass is 9.77. The molecule has 1 fully saturated rings. The molecule has 2 aromatic rings. The lowest BCUT2D eigenvalue weighted by Gasteiger charge is -2.49. The van der Waals surface area contributed by atoms with Crippen molar-refractivity contribution < 1.29 is 28.5 Å². The molecule has 0 aromatic heterocycles. The fourth-order valence-electron chi connectivity index (χ4n) is 5.49. The first-order valence-corrected chi connectivity index (χ1v) is 18.0. The van der Waals surface area contributed by atoms with Crippen LogP contribution in [0.25, 0.3) is 0 Å². The number of hydrogen-bond acceptors (Lipinski definition) is 6. The van der Waals surface area contributed by atoms with Crippen LogP contribution in [0.3, 0.4) is 0 Å². The first kappa shape index (κ1) is 33.8. The largest absolute Gasteiger partial charge is 0.497 e.